The minimum Gasteiger partial charge on any atom is -0.504 e. The van der Waals surface area contributed by atoms with Crippen LogP contribution in [0.15, 0.2) is 42.5 Å². The van der Waals surface area contributed by atoms with Crippen LogP contribution in [0.3, 0.4) is 0 Å². The van der Waals surface area contributed by atoms with Crippen LogP contribution in [0.4, 0.5) is 4.79 Å². The largest absolute Gasteiger partial charge is 0.504 e. The van der Waals surface area contributed by atoms with E-state index >= 15 is 0 Å². The summed E-state index contributed by atoms with van der Waals surface area (Å²) >= 11 is 0. The highest BCUT2D eigenvalue weighted by atomic mass is 16.5. The molecule has 128 valence electrons. The molecule has 24 heavy (non-hydrogen) atoms. The number of nitrogens with one attached hydrogen (secondary N) is 1. The standard InChI is InChI=1S/C19H24N2O3/c1-13-5-8-16(9-6-13)14(2)20-19(23)21(3)12-15-7-10-18(24-4)17(22)11-15/h5-11,14,22H,12H2,1-4H3,(H,20,23). The molecule has 0 bridgehead atoms. The number of phenolic OH excluding ortho intramolecular Hbond substituents is 1. The third-order valence-corrected chi connectivity index (χ3v) is 3.93. The van der Waals surface area contributed by atoms with Crippen LogP contribution in [-0.2, 0) is 6.54 Å². The second-order valence-electron chi connectivity index (χ2n) is 5.94. The molecule has 1 atom stereocenters. The zero-order chi connectivity index (χ0) is 17.7. The molecule has 2 N–H and O–H groups in total. The number of hydrogen-bond acceptors (Lipinski definition) is 3. The molecule has 0 aliphatic carbocycles. The lowest BCUT2D eigenvalue weighted by Gasteiger charge is -2.22. The van der Waals surface area contributed by atoms with Gasteiger partial charge in [0.2, 0.25) is 0 Å². The van der Waals surface area contributed by atoms with Gasteiger partial charge < -0.3 is 20.1 Å². The first-order valence-electron chi connectivity index (χ1n) is 7.84. The van der Waals surface area contributed by atoms with Crippen LogP contribution < -0.4 is 10.1 Å². The second-order valence-corrected chi connectivity index (χ2v) is 5.94. The van der Waals surface area contributed by atoms with Gasteiger partial charge in [-0.1, -0.05) is 35.9 Å². The van der Waals surface area contributed by atoms with Gasteiger partial charge >= 0.3 is 6.03 Å². The molecule has 0 aliphatic heterocycles. The first-order chi connectivity index (χ1) is 11.4. The normalized spacial score (nSPS) is 11.7. The molecule has 5 nitrogen and oxygen atoms in total. The highest BCUT2D eigenvalue weighted by Crippen LogP contribution is 2.26. The van der Waals surface area contributed by atoms with Crippen molar-refractivity contribution < 1.29 is 14.6 Å². The van der Waals surface area contributed by atoms with Crippen molar-refractivity contribution in [2.24, 2.45) is 0 Å². The monoisotopic (exact) mass is 328 g/mol. The van der Waals surface area contributed by atoms with Gasteiger partial charge in [0.05, 0.1) is 13.2 Å². The Morgan fingerprint density at radius 1 is 1.25 bits per heavy atom. The summed E-state index contributed by atoms with van der Waals surface area (Å²) in [7, 11) is 3.22. The van der Waals surface area contributed by atoms with Crippen molar-refractivity contribution in [1.29, 1.82) is 0 Å². The van der Waals surface area contributed by atoms with Crippen molar-refractivity contribution >= 4 is 6.03 Å². The highest BCUT2D eigenvalue weighted by molar-refractivity contribution is 5.74. The van der Waals surface area contributed by atoms with Crippen LogP contribution in [0.2, 0.25) is 0 Å². The van der Waals surface area contributed by atoms with Crippen LogP contribution in [0.5, 0.6) is 11.5 Å². The van der Waals surface area contributed by atoms with E-state index in [1.165, 1.54) is 12.7 Å². The predicted octanol–water partition coefficient (Wildman–Crippen LogP) is 3.61. The average Bonchev–Trinajstić information content (AvgIpc) is 2.55. The molecular formula is C19H24N2O3. The average molecular weight is 328 g/mol. The summed E-state index contributed by atoms with van der Waals surface area (Å²) < 4.78 is 5.02. The van der Waals surface area contributed by atoms with Crippen molar-refractivity contribution in [2.45, 2.75) is 26.4 Å². The minimum atomic E-state index is -0.168. The van der Waals surface area contributed by atoms with Crippen LogP contribution in [0.25, 0.3) is 0 Å². The Bertz CT molecular complexity index is 698. The molecule has 1 unspecified atom stereocenters. The number of urea groups is 1. The van der Waals surface area contributed by atoms with E-state index in [4.69, 9.17) is 4.74 Å². The van der Waals surface area contributed by atoms with Gasteiger partial charge in [-0.2, -0.15) is 0 Å². The topological polar surface area (TPSA) is 61.8 Å². The number of carbonyl (C=O) groups is 1. The molecule has 0 aliphatic rings. The molecule has 0 fully saturated rings. The Labute approximate surface area is 142 Å². The first-order valence-corrected chi connectivity index (χ1v) is 7.84. The molecule has 0 saturated heterocycles. The Morgan fingerprint density at radius 3 is 2.50 bits per heavy atom. The SMILES string of the molecule is COc1ccc(CN(C)C(=O)NC(C)c2ccc(C)cc2)cc1O. The fourth-order valence-electron chi connectivity index (χ4n) is 2.41. The molecule has 0 spiro atoms. The molecule has 0 radical (unpaired) electrons. The summed E-state index contributed by atoms with van der Waals surface area (Å²) in [5, 5.41) is 12.8. The number of rotatable bonds is 5. The van der Waals surface area contributed by atoms with E-state index in [9.17, 15) is 9.90 Å². The zero-order valence-electron chi connectivity index (χ0n) is 14.5. The highest BCUT2D eigenvalue weighted by Gasteiger charge is 2.14. The van der Waals surface area contributed by atoms with Crippen molar-refractivity contribution in [3.63, 3.8) is 0 Å². The van der Waals surface area contributed by atoms with Gasteiger partial charge in [0.1, 0.15) is 0 Å². The third-order valence-electron chi connectivity index (χ3n) is 3.93. The number of carbonyl (C=O) groups excluding carboxylic acids is 1. The first kappa shape index (κ1) is 17.7. The molecule has 2 rings (SSSR count). The van der Waals surface area contributed by atoms with Crippen LogP contribution in [0, 0.1) is 6.92 Å². The molecule has 0 aromatic heterocycles. The minimum absolute atomic E-state index is 0.0665. The van der Waals surface area contributed by atoms with E-state index in [1.807, 2.05) is 44.2 Å². The Kier molecular flexibility index (Phi) is 5.68. The lowest BCUT2D eigenvalue weighted by atomic mass is 10.1. The molecule has 0 heterocycles. The van der Waals surface area contributed by atoms with E-state index < -0.39 is 0 Å². The quantitative estimate of drug-likeness (QED) is 0.881. The summed E-state index contributed by atoms with van der Waals surface area (Å²) in [6.07, 6.45) is 0. The lowest BCUT2D eigenvalue weighted by molar-refractivity contribution is 0.203. The smallest absolute Gasteiger partial charge is 0.317 e. The maximum atomic E-state index is 12.3. The van der Waals surface area contributed by atoms with Gasteiger partial charge in [-0.3, -0.25) is 0 Å². The Balaban J connectivity index is 1.96. The number of aromatic hydroxyl groups is 1. The number of ether oxygens (including phenoxy) is 1. The number of nitrogens with zero attached hydrogens (tertiary/aromatic N) is 1. The van der Waals surface area contributed by atoms with Crippen LogP contribution >= 0.6 is 0 Å². The molecule has 2 aromatic carbocycles. The number of hydrogen-bond donors (Lipinski definition) is 2. The van der Waals surface area contributed by atoms with Gasteiger partial charge in [-0.05, 0) is 37.1 Å². The number of benzene rings is 2. The summed E-state index contributed by atoms with van der Waals surface area (Å²) in [6, 6.07) is 13.0. The predicted molar refractivity (Wildman–Crippen MR) is 94.3 cm³/mol. The van der Waals surface area contributed by atoms with Gasteiger partial charge in [0, 0.05) is 13.6 Å². The van der Waals surface area contributed by atoms with E-state index in [0.717, 1.165) is 11.1 Å². The van der Waals surface area contributed by atoms with Crippen molar-refractivity contribution in [3.8, 4) is 11.5 Å². The summed E-state index contributed by atoms with van der Waals surface area (Å²) in [5.74, 6) is 0.482. The van der Waals surface area contributed by atoms with Crippen molar-refractivity contribution in [1.82, 2.24) is 10.2 Å². The molecular weight excluding hydrogens is 304 g/mol. The second kappa shape index (κ2) is 7.73. The summed E-state index contributed by atoms with van der Waals surface area (Å²) in [6.45, 7) is 4.38. The van der Waals surface area contributed by atoms with E-state index in [-0.39, 0.29) is 17.8 Å². The third kappa shape index (κ3) is 4.41. The summed E-state index contributed by atoms with van der Waals surface area (Å²) in [5.41, 5.74) is 3.08. The van der Waals surface area contributed by atoms with Crippen LogP contribution in [-0.4, -0.2) is 30.2 Å². The maximum Gasteiger partial charge on any atom is 0.317 e. The number of aryl methyl sites for hydroxylation is 1. The van der Waals surface area contributed by atoms with Crippen LogP contribution in [0.1, 0.15) is 29.7 Å². The van der Waals surface area contributed by atoms with Gasteiger partial charge in [0.15, 0.2) is 11.5 Å². The molecule has 0 saturated carbocycles. The van der Waals surface area contributed by atoms with Crippen molar-refractivity contribution in [2.75, 3.05) is 14.2 Å². The van der Waals surface area contributed by atoms with E-state index in [0.29, 0.717) is 12.3 Å². The maximum absolute atomic E-state index is 12.3. The van der Waals surface area contributed by atoms with Crippen molar-refractivity contribution in [3.05, 3.63) is 59.2 Å². The number of phenols is 1. The molecule has 5 heteroatoms. The summed E-state index contributed by atoms with van der Waals surface area (Å²) in [4.78, 5) is 13.9. The van der Waals surface area contributed by atoms with E-state index in [1.54, 1.807) is 24.1 Å². The molecule has 2 aromatic rings. The zero-order valence-corrected chi connectivity index (χ0v) is 14.5. The number of amides is 2. The van der Waals surface area contributed by atoms with E-state index in [2.05, 4.69) is 5.32 Å². The lowest BCUT2D eigenvalue weighted by Crippen LogP contribution is -2.38. The number of methoxy groups -OCH3 is 1. The van der Waals surface area contributed by atoms with Gasteiger partial charge in [-0.15, -0.1) is 0 Å². The van der Waals surface area contributed by atoms with Gasteiger partial charge in [0.25, 0.3) is 0 Å². The Morgan fingerprint density at radius 2 is 1.92 bits per heavy atom. The molecule has 2 amide bonds. The Hall–Kier alpha value is -2.69. The van der Waals surface area contributed by atoms with Gasteiger partial charge in [-0.25, -0.2) is 4.79 Å². The fourth-order valence-corrected chi connectivity index (χ4v) is 2.41. The fraction of sp³-hybridized carbons (Fsp3) is 0.316.